The summed E-state index contributed by atoms with van der Waals surface area (Å²) in [5.74, 6) is 2.99. The Kier molecular flexibility index (Phi) is 4.33. The van der Waals surface area contributed by atoms with Gasteiger partial charge in [0.2, 0.25) is 0 Å². The molecule has 2 aromatic rings. The zero-order chi connectivity index (χ0) is 16.2. The molecule has 0 radical (unpaired) electrons. The van der Waals surface area contributed by atoms with Crippen molar-refractivity contribution in [1.29, 1.82) is 0 Å². The summed E-state index contributed by atoms with van der Waals surface area (Å²) in [6, 6.07) is 13.3. The lowest BCUT2D eigenvalue weighted by Crippen LogP contribution is -2.32. The average Bonchev–Trinajstić information content (AvgIpc) is 2.90. The van der Waals surface area contributed by atoms with Crippen molar-refractivity contribution in [3.05, 3.63) is 58.5 Å². The summed E-state index contributed by atoms with van der Waals surface area (Å²) in [6.07, 6.45) is -0.471. The molecule has 0 amide bonds. The Morgan fingerprint density at radius 2 is 1.96 bits per heavy atom. The lowest BCUT2D eigenvalue weighted by molar-refractivity contribution is 0.278. The van der Waals surface area contributed by atoms with Gasteiger partial charge >= 0.3 is 0 Å². The van der Waals surface area contributed by atoms with Crippen molar-refractivity contribution in [2.45, 2.75) is 19.7 Å². The number of hydrogen-bond donors (Lipinski definition) is 2. The standard InChI is InChI=1S/C18H18N2O3/c1-2-22-17-16-13(10-21)15(9-8-14(16)20-18(17)19)23-11-12-6-4-3-5-7-12/h3-9,18,20H,2,11,19H2,1H3. The van der Waals surface area contributed by atoms with E-state index in [1.165, 1.54) is 0 Å². The van der Waals surface area contributed by atoms with Crippen molar-refractivity contribution < 1.29 is 14.3 Å². The number of hydrogen-bond acceptors (Lipinski definition) is 5. The molecule has 2 aromatic carbocycles. The van der Waals surface area contributed by atoms with Crippen LogP contribution in [0, 0.1) is 0 Å². The molecule has 3 N–H and O–H groups in total. The van der Waals surface area contributed by atoms with Crippen LogP contribution < -0.4 is 26.2 Å². The number of ether oxygens (including phenoxy) is 2. The largest absolute Gasteiger partial charge is 0.494 e. The maximum absolute atomic E-state index is 11.5. The molecule has 1 heterocycles. The number of nitrogens with two attached hydrogens (primary N) is 1. The molecule has 1 atom stereocenters. The minimum absolute atomic E-state index is 0.335. The normalized spacial score (nSPS) is 15.6. The second-order valence-corrected chi connectivity index (χ2v) is 5.16. The monoisotopic (exact) mass is 310 g/mol. The zero-order valence-electron chi connectivity index (χ0n) is 12.8. The van der Waals surface area contributed by atoms with Gasteiger partial charge in [0.15, 0.2) is 0 Å². The lowest BCUT2D eigenvalue weighted by atomic mass is 10.2. The first kappa shape index (κ1) is 15.2. The molecule has 0 saturated heterocycles. The van der Waals surface area contributed by atoms with E-state index in [1.807, 2.05) is 49.3 Å². The molecular weight excluding hydrogens is 292 g/mol. The highest BCUT2D eigenvalue weighted by molar-refractivity contribution is 5.70. The van der Waals surface area contributed by atoms with Gasteiger partial charge in [0.25, 0.3) is 0 Å². The van der Waals surface area contributed by atoms with Crippen LogP contribution >= 0.6 is 0 Å². The zero-order valence-corrected chi connectivity index (χ0v) is 12.8. The molecule has 0 bridgehead atoms. The van der Waals surface area contributed by atoms with Gasteiger partial charge in [-0.15, -0.1) is 0 Å². The van der Waals surface area contributed by atoms with Crippen LogP contribution in [-0.2, 0) is 16.1 Å². The van der Waals surface area contributed by atoms with Crippen LogP contribution in [-0.4, -0.2) is 18.7 Å². The van der Waals surface area contributed by atoms with Crippen LogP contribution in [0.15, 0.2) is 42.5 Å². The van der Waals surface area contributed by atoms with Crippen molar-refractivity contribution in [2.24, 2.45) is 5.73 Å². The summed E-state index contributed by atoms with van der Waals surface area (Å²) < 4.78 is 11.4. The van der Waals surface area contributed by atoms with E-state index in [4.69, 9.17) is 15.2 Å². The maximum atomic E-state index is 11.5. The number of carbonyl (C=O) groups excluding carboxylic acids is 1. The second-order valence-electron chi connectivity index (χ2n) is 5.16. The van der Waals surface area contributed by atoms with Gasteiger partial charge in [-0.1, -0.05) is 30.3 Å². The fraction of sp³-hybridized carbons (Fsp3) is 0.222. The average molecular weight is 310 g/mol. The molecule has 5 nitrogen and oxygen atoms in total. The Hall–Kier alpha value is -2.75. The first-order valence-corrected chi connectivity index (χ1v) is 7.48. The first-order valence-electron chi connectivity index (χ1n) is 7.48. The van der Waals surface area contributed by atoms with Crippen molar-refractivity contribution in [3.63, 3.8) is 0 Å². The molecule has 1 unspecified atom stereocenters. The van der Waals surface area contributed by atoms with E-state index in [2.05, 4.69) is 5.32 Å². The third kappa shape index (κ3) is 2.93. The van der Waals surface area contributed by atoms with Gasteiger partial charge in [-0.3, -0.25) is 0 Å². The highest BCUT2D eigenvalue weighted by atomic mass is 16.5. The molecule has 0 aliphatic carbocycles. The Morgan fingerprint density at radius 1 is 1.17 bits per heavy atom. The van der Waals surface area contributed by atoms with Crippen LogP contribution in [0.4, 0.5) is 5.69 Å². The highest BCUT2D eigenvalue weighted by Crippen LogP contribution is 2.17. The fourth-order valence-corrected chi connectivity index (χ4v) is 2.62. The minimum Gasteiger partial charge on any atom is -0.494 e. The molecule has 0 aromatic heterocycles. The van der Waals surface area contributed by atoms with E-state index in [0.717, 1.165) is 11.3 Å². The molecule has 0 saturated carbocycles. The van der Waals surface area contributed by atoms with Gasteiger partial charge in [-0.05, 0) is 24.6 Å². The molecule has 5 heteroatoms. The number of nitrogens with one attached hydrogen (secondary N) is 1. The SMILES string of the molecule is CCOC1=c2c(ccc(OCc3ccccc3)c2=C=O)NC1N. The smallest absolute Gasteiger partial charge is 0.144 e. The fourth-order valence-electron chi connectivity index (χ4n) is 2.62. The number of benzene rings is 2. The Balaban J connectivity index is 2.02. The number of anilines is 1. The Bertz CT molecular complexity index is 843. The van der Waals surface area contributed by atoms with Gasteiger partial charge in [-0.25, -0.2) is 4.79 Å². The van der Waals surface area contributed by atoms with Gasteiger partial charge in [-0.2, -0.15) is 0 Å². The predicted octanol–water partition coefficient (Wildman–Crippen LogP) is 0.624. The predicted molar refractivity (Wildman–Crippen MR) is 87.9 cm³/mol. The second kappa shape index (κ2) is 6.57. The third-order valence-corrected chi connectivity index (χ3v) is 3.65. The first-order chi connectivity index (χ1) is 11.2. The molecular formula is C18H18N2O3. The van der Waals surface area contributed by atoms with Crippen LogP contribution in [0.2, 0.25) is 0 Å². The molecule has 1 aliphatic rings. The van der Waals surface area contributed by atoms with Gasteiger partial charge < -0.3 is 20.5 Å². The maximum Gasteiger partial charge on any atom is 0.144 e. The number of rotatable bonds is 5. The van der Waals surface area contributed by atoms with Crippen molar-refractivity contribution in [3.8, 4) is 5.75 Å². The summed E-state index contributed by atoms with van der Waals surface area (Å²) in [6.45, 7) is 2.72. The van der Waals surface area contributed by atoms with Crippen LogP contribution in [0.5, 0.6) is 5.75 Å². The van der Waals surface area contributed by atoms with Crippen LogP contribution in [0.3, 0.4) is 0 Å². The van der Waals surface area contributed by atoms with E-state index in [0.29, 0.717) is 35.2 Å². The Morgan fingerprint density at radius 3 is 2.65 bits per heavy atom. The minimum atomic E-state index is -0.471. The topological polar surface area (TPSA) is 73.6 Å². The molecule has 23 heavy (non-hydrogen) atoms. The highest BCUT2D eigenvalue weighted by Gasteiger charge is 2.23. The molecule has 118 valence electrons. The number of fused-ring (bicyclic) bond motifs is 1. The van der Waals surface area contributed by atoms with Gasteiger partial charge in [0, 0.05) is 5.69 Å². The quantitative estimate of drug-likeness (QED) is 0.847. The summed E-state index contributed by atoms with van der Waals surface area (Å²) >= 11 is 0. The molecule has 3 rings (SSSR count). The van der Waals surface area contributed by atoms with Crippen LogP contribution in [0.25, 0.3) is 5.76 Å². The van der Waals surface area contributed by atoms with E-state index >= 15 is 0 Å². The van der Waals surface area contributed by atoms with E-state index in [1.54, 1.807) is 6.07 Å². The summed E-state index contributed by atoms with van der Waals surface area (Å²) in [5.41, 5.74) is 7.79. The molecule has 1 aliphatic heterocycles. The Labute approximate surface area is 134 Å². The van der Waals surface area contributed by atoms with Crippen LogP contribution in [0.1, 0.15) is 12.5 Å². The van der Waals surface area contributed by atoms with Gasteiger partial charge in [0.1, 0.15) is 35.4 Å². The van der Waals surface area contributed by atoms with Crippen molar-refractivity contribution in [2.75, 3.05) is 11.9 Å². The van der Waals surface area contributed by atoms with Gasteiger partial charge in [0.05, 0.1) is 11.8 Å². The summed E-state index contributed by atoms with van der Waals surface area (Å²) in [4.78, 5) is 11.5. The lowest BCUT2D eigenvalue weighted by Gasteiger charge is -2.10. The summed E-state index contributed by atoms with van der Waals surface area (Å²) in [7, 11) is 0. The summed E-state index contributed by atoms with van der Waals surface area (Å²) in [5, 5.41) is 4.06. The van der Waals surface area contributed by atoms with Crippen molar-refractivity contribution in [1.82, 2.24) is 0 Å². The van der Waals surface area contributed by atoms with Crippen molar-refractivity contribution >= 4 is 17.4 Å². The third-order valence-electron chi connectivity index (χ3n) is 3.65. The van der Waals surface area contributed by atoms with E-state index in [9.17, 15) is 4.79 Å². The van der Waals surface area contributed by atoms with E-state index in [-0.39, 0.29) is 0 Å². The molecule has 0 fully saturated rings. The van der Waals surface area contributed by atoms with E-state index < -0.39 is 6.17 Å². The molecule has 0 spiro atoms.